The highest BCUT2D eigenvalue weighted by Crippen LogP contribution is 2.32. The van der Waals surface area contributed by atoms with Crippen molar-refractivity contribution in [2.75, 3.05) is 7.11 Å². The molecule has 0 bridgehead atoms. The molecule has 0 spiro atoms. The maximum atomic E-state index is 12.0. The van der Waals surface area contributed by atoms with Crippen molar-refractivity contribution < 1.29 is 24.5 Å². The summed E-state index contributed by atoms with van der Waals surface area (Å²) < 4.78 is 5.15. The first-order chi connectivity index (χ1) is 14.0. The molecule has 0 saturated carbocycles. The maximum absolute atomic E-state index is 12.0. The Bertz CT molecular complexity index is 1230. The first-order valence-electron chi connectivity index (χ1n) is 8.58. The van der Waals surface area contributed by atoms with Crippen LogP contribution in [0.1, 0.15) is 20.7 Å². The number of benzene rings is 2. The number of hydrogen-bond acceptors (Lipinski definition) is 5. The first kappa shape index (κ1) is 18.2. The molecule has 144 valence electrons. The summed E-state index contributed by atoms with van der Waals surface area (Å²) in [4.78, 5) is 27.5. The zero-order valence-corrected chi connectivity index (χ0v) is 15.2. The van der Waals surface area contributed by atoms with Crippen LogP contribution in [0.3, 0.4) is 0 Å². The van der Waals surface area contributed by atoms with Crippen LogP contribution in [-0.4, -0.2) is 44.4 Å². The number of rotatable bonds is 5. The lowest BCUT2D eigenvalue weighted by Crippen LogP contribution is -2.01. The number of methoxy groups -OCH3 is 1. The summed E-state index contributed by atoms with van der Waals surface area (Å²) in [6.07, 6.45) is 0. The van der Waals surface area contributed by atoms with E-state index in [2.05, 4.69) is 15.2 Å². The van der Waals surface area contributed by atoms with Crippen LogP contribution < -0.4 is 4.74 Å². The van der Waals surface area contributed by atoms with E-state index >= 15 is 0 Å². The number of fused-ring (bicyclic) bond motifs is 1. The highest BCUT2D eigenvalue weighted by molar-refractivity contribution is 6.08. The molecule has 0 aliphatic rings. The summed E-state index contributed by atoms with van der Waals surface area (Å²) >= 11 is 0. The number of carboxylic acid groups (broad SMARTS) is 2. The number of aromatic amines is 1. The number of aromatic nitrogens is 3. The summed E-state index contributed by atoms with van der Waals surface area (Å²) in [7, 11) is 1.57. The summed E-state index contributed by atoms with van der Waals surface area (Å²) in [6.45, 7) is 0. The van der Waals surface area contributed by atoms with Gasteiger partial charge in [0.1, 0.15) is 5.75 Å². The Kier molecular flexibility index (Phi) is 4.44. The van der Waals surface area contributed by atoms with Gasteiger partial charge in [-0.3, -0.25) is 5.10 Å². The van der Waals surface area contributed by atoms with E-state index in [1.165, 1.54) is 18.2 Å². The van der Waals surface area contributed by atoms with Crippen LogP contribution in [0, 0.1) is 0 Å². The van der Waals surface area contributed by atoms with Crippen molar-refractivity contribution in [3.05, 3.63) is 65.7 Å². The lowest BCUT2D eigenvalue weighted by molar-refractivity contribution is 0.0687. The number of pyridine rings is 1. The van der Waals surface area contributed by atoms with Gasteiger partial charge in [0.15, 0.2) is 5.65 Å². The molecule has 2 aromatic heterocycles. The van der Waals surface area contributed by atoms with Crippen LogP contribution in [0.5, 0.6) is 5.75 Å². The van der Waals surface area contributed by atoms with E-state index in [1.54, 1.807) is 43.5 Å². The van der Waals surface area contributed by atoms with E-state index in [4.69, 9.17) is 9.84 Å². The van der Waals surface area contributed by atoms with Crippen LogP contribution >= 0.6 is 0 Å². The molecule has 0 amide bonds. The van der Waals surface area contributed by atoms with E-state index in [9.17, 15) is 14.7 Å². The Morgan fingerprint density at radius 3 is 2.17 bits per heavy atom. The van der Waals surface area contributed by atoms with Crippen molar-refractivity contribution in [2.24, 2.45) is 0 Å². The predicted octanol–water partition coefficient (Wildman–Crippen LogP) is 3.70. The molecule has 0 unspecified atom stereocenters. The molecule has 0 saturated heterocycles. The number of nitrogens with zero attached hydrogens (tertiary/aromatic N) is 2. The number of carbonyl (C=O) groups is 2. The van der Waals surface area contributed by atoms with Crippen molar-refractivity contribution in [3.63, 3.8) is 0 Å². The van der Waals surface area contributed by atoms with E-state index < -0.39 is 11.9 Å². The van der Waals surface area contributed by atoms with Gasteiger partial charge in [0.2, 0.25) is 0 Å². The van der Waals surface area contributed by atoms with Gasteiger partial charge in [-0.1, -0.05) is 12.1 Å². The fourth-order valence-corrected chi connectivity index (χ4v) is 3.09. The molecule has 0 aliphatic carbocycles. The minimum absolute atomic E-state index is 0.0480. The molecule has 0 radical (unpaired) electrons. The summed E-state index contributed by atoms with van der Waals surface area (Å²) in [6, 6.07) is 14.7. The van der Waals surface area contributed by atoms with Crippen molar-refractivity contribution in [1.29, 1.82) is 0 Å². The zero-order chi connectivity index (χ0) is 20.5. The van der Waals surface area contributed by atoms with Crippen LogP contribution in [0.25, 0.3) is 33.5 Å². The van der Waals surface area contributed by atoms with E-state index in [0.717, 1.165) is 5.56 Å². The molecule has 0 atom stereocenters. The Hall–Kier alpha value is -4.20. The quantitative estimate of drug-likeness (QED) is 0.475. The second-order valence-electron chi connectivity index (χ2n) is 6.27. The second kappa shape index (κ2) is 7.08. The van der Waals surface area contributed by atoms with E-state index in [0.29, 0.717) is 28.1 Å². The number of ether oxygens (including phenoxy) is 1. The number of aromatic carboxylic acids is 2. The lowest BCUT2D eigenvalue weighted by Gasteiger charge is -2.06. The van der Waals surface area contributed by atoms with Crippen molar-refractivity contribution >= 4 is 23.0 Å². The summed E-state index contributed by atoms with van der Waals surface area (Å²) in [5, 5.41) is 26.3. The normalized spacial score (nSPS) is 10.8. The van der Waals surface area contributed by atoms with Crippen molar-refractivity contribution in [1.82, 2.24) is 15.2 Å². The minimum atomic E-state index is -1.11. The van der Waals surface area contributed by atoms with E-state index in [-0.39, 0.29) is 16.8 Å². The molecule has 29 heavy (non-hydrogen) atoms. The third-order valence-corrected chi connectivity index (χ3v) is 4.56. The molecule has 0 fully saturated rings. The molecular weight excluding hydrogens is 374 g/mol. The van der Waals surface area contributed by atoms with Crippen LogP contribution in [-0.2, 0) is 0 Å². The van der Waals surface area contributed by atoms with Crippen LogP contribution in [0.4, 0.5) is 0 Å². The van der Waals surface area contributed by atoms with Crippen LogP contribution in [0.15, 0.2) is 54.6 Å². The number of nitrogens with one attached hydrogen (secondary N) is 1. The number of carboxylic acids is 2. The molecule has 8 nitrogen and oxygen atoms in total. The third kappa shape index (κ3) is 3.27. The van der Waals surface area contributed by atoms with Crippen LogP contribution in [0.2, 0.25) is 0 Å². The Balaban J connectivity index is 1.86. The SMILES string of the molecule is COc1ccc(-c2[nH]nc3nc(-c4ccc(C(=O)O)cc4)cc(C(=O)O)c23)cc1. The van der Waals surface area contributed by atoms with Gasteiger partial charge >= 0.3 is 11.9 Å². The highest BCUT2D eigenvalue weighted by atomic mass is 16.5. The average molecular weight is 389 g/mol. The zero-order valence-electron chi connectivity index (χ0n) is 15.2. The predicted molar refractivity (Wildman–Crippen MR) is 105 cm³/mol. The Labute approximate surface area is 164 Å². The molecule has 2 heterocycles. The fourth-order valence-electron chi connectivity index (χ4n) is 3.09. The second-order valence-corrected chi connectivity index (χ2v) is 6.27. The first-order valence-corrected chi connectivity index (χ1v) is 8.58. The smallest absolute Gasteiger partial charge is 0.336 e. The molecule has 4 aromatic rings. The lowest BCUT2D eigenvalue weighted by atomic mass is 10.0. The molecular formula is C21H15N3O5. The van der Waals surface area contributed by atoms with Gasteiger partial charge in [-0.15, -0.1) is 0 Å². The standard InChI is InChI=1S/C21H15N3O5/c1-29-14-8-6-12(7-9-14)18-17-15(21(27)28)10-16(22-19(17)24-23-18)11-2-4-13(5-3-11)20(25)26/h2-10H,1H3,(H,25,26)(H,27,28)(H,22,23,24). The van der Waals surface area contributed by atoms with Gasteiger partial charge in [0.25, 0.3) is 0 Å². The Morgan fingerprint density at radius 2 is 1.59 bits per heavy atom. The maximum Gasteiger partial charge on any atom is 0.336 e. The van der Waals surface area contributed by atoms with Gasteiger partial charge in [-0.2, -0.15) is 5.10 Å². The van der Waals surface area contributed by atoms with Gasteiger partial charge in [-0.25, -0.2) is 14.6 Å². The topological polar surface area (TPSA) is 125 Å². The van der Waals surface area contributed by atoms with E-state index in [1.807, 2.05) is 0 Å². The molecule has 2 aromatic carbocycles. The molecule has 4 rings (SSSR count). The average Bonchev–Trinajstić information content (AvgIpc) is 3.17. The largest absolute Gasteiger partial charge is 0.497 e. The minimum Gasteiger partial charge on any atom is -0.497 e. The molecule has 8 heteroatoms. The fraction of sp³-hybridized carbons (Fsp3) is 0.0476. The van der Waals surface area contributed by atoms with Gasteiger partial charge in [-0.05, 0) is 42.5 Å². The summed E-state index contributed by atoms with van der Waals surface area (Å²) in [5.74, 6) is -1.47. The monoisotopic (exact) mass is 389 g/mol. The van der Waals surface area contributed by atoms with Gasteiger partial charge < -0.3 is 14.9 Å². The number of H-pyrrole nitrogens is 1. The molecule has 0 aliphatic heterocycles. The molecule has 3 N–H and O–H groups in total. The van der Waals surface area contributed by atoms with Crippen molar-refractivity contribution in [2.45, 2.75) is 0 Å². The van der Waals surface area contributed by atoms with Gasteiger partial charge in [0.05, 0.1) is 35.0 Å². The number of hydrogen-bond donors (Lipinski definition) is 3. The third-order valence-electron chi connectivity index (χ3n) is 4.56. The van der Waals surface area contributed by atoms with Gasteiger partial charge in [0, 0.05) is 11.1 Å². The Morgan fingerprint density at radius 1 is 0.931 bits per heavy atom. The van der Waals surface area contributed by atoms with Crippen molar-refractivity contribution in [3.8, 4) is 28.3 Å². The highest BCUT2D eigenvalue weighted by Gasteiger charge is 2.20. The summed E-state index contributed by atoms with van der Waals surface area (Å²) in [5.41, 5.74) is 2.71.